The zero-order valence-electron chi connectivity index (χ0n) is 12.5. The molecule has 0 amide bonds. The summed E-state index contributed by atoms with van der Waals surface area (Å²) in [6.07, 6.45) is 5.91. The van der Waals surface area contributed by atoms with Gasteiger partial charge in [0.2, 0.25) is 0 Å². The van der Waals surface area contributed by atoms with E-state index in [1.807, 2.05) is 19.4 Å². The van der Waals surface area contributed by atoms with E-state index in [-0.39, 0.29) is 12.1 Å². The maximum absolute atomic E-state index is 10.2. The summed E-state index contributed by atoms with van der Waals surface area (Å²) in [6, 6.07) is 2.12. The van der Waals surface area contributed by atoms with Crippen LogP contribution in [-0.2, 0) is 0 Å². The quantitative estimate of drug-likeness (QED) is 0.642. The van der Waals surface area contributed by atoms with Gasteiger partial charge >= 0.3 is 0 Å². The van der Waals surface area contributed by atoms with Gasteiger partial charge in [0.1, 0.15) is 11.6 Å². The molecule has 1 aromatic heterocycles. The number of hydrogen-bond acceptors (Lipinski definition) is 6. The molecule has 0 saturated heterocycles. The lowest BCUT2D eigenvalue weighted by Gasteiger charge is -2.36. The first kappa shape index (κ1) is 15.4. The van der Waals surface area contributed by atoms with Gasteiger partial charge < -0.3 is 15.3 Å². The van der Waals surface area contributed by atoms with Gasteiger partial charge in [0.15, 0.2) is 5.16 Å². The number of rotatable bonds is 5. The summed E-state index contributed by atoms with van der Waals surface area (Å²) in [4.78, 5) is 11.1. The molecular formula is C14H24N4OS. The molecule has 1 saturated carbocycles. The van der Waals surface area contributed by atoms with E-state index >= 15 is 0 Å². The van der Waals surface area contributed by atoms with Gasteiger partial charge in [-0.1, -0.05) is 24.6 Å². The number of likely N-dealkylation sites (N-methyl/N-ethyl adjacent to an activating group) is 1. The third kappa shape index (κ3) is 3.55. The van der Waals surface area contributed by atoms with Crippen LogP contribution in [0.5, 0.6) is 0 Å². The molecule has 0 spiro atoms. The van der Waals surface area contributed by atoms with Crippen LogP contribution in [0.4, 0.5) is 11.6 Å². The van der Waals surface area contributed by atoms with E-state index in [0.717, 1.165) is 42.6 Å². The van der Waals surface area contributed by atoms with Crippen LogP contribution in [0, 0.1) is 0 Å². The predicted octanol–water partition coefficient (Wildman–Crippen LogP) is 2.37. The molecule has 1 heterocycles. The SMILES string of the molecule is CCNc1cc(N(C)C2CCCCC2O)nc(SC)n1. The molecule has 6 heteroatoms. The lowest BCUT2D eigenvalue weighted by molar-refractivity contribution is 0.106. The highest BCUT2D eigenvalue weighted by atomic mass is 32.2. The van der Waals surface area contributed by atoms with E-state index in [0.29, 0.717) is 0 Å². The van der Waals surface area contributed by atoms with Crippen molar-refractivity contribution >= 4 is 23.4 Å². The first-order valence-corrected chi connectivity index (χ1v) is 8.46. The number of aromatic nitrogens is 2. The van der Waals surface area contributed by atoms with Crippen LogP contribution >= 0.6 is 11.8 Å². The second-order valence-corrected chi connectivity index (χ2v) is 5.93. The first-order chi connectivity index (χ1) is 9.65. The standard InChI is InChI=1S/C14H24N4OS/c1-4-15-12-9-13(17-14(16-12)20-3)18(2)10-7-5-6-8-11(10)19/h9-11,19H,4-8H2,1-3H3,(H,15,16,17). The molecule has 1 aliphatic rings. The molecule has 0 bridgehead atoms. The topological polar surface area (TPSA) is 61.3 Å². The summed E-state index contributed by atoms with van der Waals surface area (Å²) in [5.41, 5.74) is 0. The number of thioether (sulfide) groups is 1. The van der Waals surface area contributed by atoms with Gasteiger partial charge in [-0.15, -0.1) is 0 Å². The van der Waals surface area contributed by atoms with Gasteiger partial charge in [-0.25, -0.2) is 9.97 Å². The highest BCUT2D eigenvalue weighted by Gasteiger charge is 2.27. The molecule has 2 unspecified atom stereocenters. The summed E-state index contributed by atoms with van der Waals surface area (Å²) in [5.74, 6) is 1.73. The lowest BCUT2D eigenvalue weighted by Crippen LogP contribution is -2.43. The van der Waals surface area contributed by atoms with Gasteiger partial charge in [0, 0.05) is 19.7 Å². The number of nitrogens with one attached hydrogen (secondary N) is 1. The highest BCUT2D eigenvalue weighted by Crippen LogP contribution is 2.27. The molecule has 0 aromatic carbocycles. The normalized spacial score (nSPS) is 22.6. The Morgan fingerprint density at radius 2 is 2.15 bits per heavy atom. The van der Waals surface area contributed by atoms with E-state index in [2.05, 4.69) is 27.1 Å². The number of hydrogen-bond donors (Lipinski definition) is 2. The van der Waals surface area contributed by atoms with E-state index < -0.39 is 0 Å². The molecule has 20 heavy (non-hydrogen) atoms. The Labute approximate surface area is 125 Å². The van der Waals surface area contributed by atoms with E-state index in [9.17, 15) is 5.11 Å². The van der Waals surface area contributed by atoms with E-state index in [1.54, 1.807) is 0 Å². The van der Waals surface area contributed by atoms with Crippen molar-refractivity contribution in [3.05, 3.63) is 6.07 Å². The molecule has 2 N–H and O–H groups in total. The number of nitrogens with zero attached hydrogens (tertiary/aromatic N) is 3. The van der Waals surface area contributed by atoms with Crippen molar-refractivity contribution in [3.8, 4) is 0 Å². The van der Waals surface area contributed by atoms with Crippen LogP contribution in [-0.4, -0.2) is 47.1 Å². The van der Waals surface area contributed by atoms with Crippen molar-refractivity contribution < 1.29 is 5.11 Å². The maximum Gasteiger partial charge on any atom is 0.191 e. The predicted molar refractivity (Wildman–Crippen MR) is 84.6 cm³/mol. The fraction of sp³-hybridized carbons (Fsp3) is 0.714. The number of aliphatic hydroxyl groups is 1. The summed E-state index contributed by atoms with van der Waals surface area (Å²) < 4.78 is 0. The Hall–Kier alpha value is -1.01. The van der Waals surface area contributed by atoms with Crippen molar-refractivity contribution in [3.63, 3.8) is 0 Å². The zero-order chi connectivity index (χ0) is 14.5. The molecule has 0 radical (unpaired) electrons. The summed E-state index contributed by atoms with van der Waals surface area (Å²) in [7, 11) is 2.02. The minimum absolute atomic E-state index is 0.155. The Kier molecular flexibility index (Phi) is 5.48. The zero-order valence-corrected chi connectivity index (χ0v) is 13.3. The van der Waals surface area contributed by atoms with Crippen LogP contribution in [0.1, 0.15) is 32.6 Å². The summed E-state index contributed by atoms with van der Waals surface area (Å²) in [5, 5.41) is 14.2. The Morgan fingerprint density at radius 3 is 2.80 bits per heavy atom. The molecule has 112 valence electrons. The molecule has 1 fully saturated rings. The minimum atomic E-state index is -0.260. The third-order valence-electron chi connectivity index (χ3n) is 3.79. The fourth-order valence-corrected chi connectivity index (χ4v) is 3.04. The average Bonchev–Trinajstić information content (AvgIpc) is 2.47. The van der Waals surface area contributed by atoms with Crippen molar-refractivity contribution in [2.24, 2.45) is 0 Å². The Balaban J connectivity index is 2.23. The van der Waals surface area contributed by atoms with Crippen LogP contribution in [0.3, 0.4) is 0 Å². The van der Waals surface area contributed by atoms with Crippen molar-refractivity contribution in [2.75, 3.05) is 30.1 Å². The van der Waals surface area contributed by atoms with Crippen molar-refractivity contribution in [1.82, 2.24) is 9.97 Å². The smallest absolute Gasteiger partial charge is 0.191 e. The van der Waals surface area contributed by atoms with Gasteiger partial charge in [0.25, 0.3) is 0 Å². The van der Waals surface area contributed by atoms with Crippen LogP contribution in [0.2, 0.25) is 0 Å². The van der Waals surface area contributed by atoms with E-state index in [1.165, 1.54) is 18.2 Å². The second kappa shape index (κ2) is 7.13. The fourth-order valence-electron chi connectivity index (χ4n) is 2.67. The molecule has 1 aromatic rings. The Morgan fingerprint density at radius 1 is 1.40 bits per heavy atom. The third-order valence-corrected chi connectivity index (χ3v) is 4.33. The van der Waals surface area contributed by atoms with Gasteiger partial charge in [-0.3, -0.25) is 0 Å². The van der Waals surface area contributed by atoms with Gasteiger partial charge in [0.05, 0.1) is 12.1 Å². The maximum atomic E-state index is 10.2. The van der Waals surface area contributed by atoms with Gasteiger partial charge in [-0.05, 0) is 26.0 Å². The van der Waals surface area contributed by atoms with Crippen molar-refractivity contribution in [2.45, 2.75) is 49.9 Å². The highest BCUT2D eigenvalue weighted by molar-refractivity contribution is 7.98. The molecule has 5 nitrogen and oxygen atoms in total. The molecule has 1 aliphatic carbocycles. The lowest BCUT2D eigenvalue weighted by atomic mass is 9.91. The largest absolute Gasteiger partial charge is 0.391 e. The molecule has 2 atom stereocenters. The number of anilines is 2. The average molecular weight is 296 g/mol. The molecular weight excluding hydrogens is 272 g/mol. The first-order valence-electron chi connectivity index (χ1n) is 7.23. The molecule has 2 rings (SSSR count). The van der Waals surface area contributed by atoms with Crippen LogP contribution < -0.4 is 10.2 Å². The summed E-state index contributed by atoms with van der Waals surface area (Å²) >= 11 is 1.54. The van der Waals surface area contributed by atoms with Crippen LogP contribution in [0.15, 0.2) is 11.2 Å². The molecule has 0 aliphatic heterocycles. The van der Waals surface area contributed by atoms with Crippen molar-refractivity contribution in [1.29, 1.82) is 0 Å². The monoisotopic (exact) mass is 296 g/mol. The summed E-state index contributed by atoms with van der Waals surface area (Å²) in [6.45, 7) is 2.88. The number of aliphatic hydroxyl groups excluding tert-OH is 1. The van der Waals surface area contributed by atoms with E-state index in [4.69, 9.17) is 0 Å². The minimum Gasteiger partial charge on any atom is -0.391 e. The van der Waals surface area contributed by atoms with Gasteiger partial charge in [-0.2, -0.15) is 0 Å². The Bertz CT molecular complexity index is 443. The second-order valence-electron chi connectivity index (χ2n) is 5.16. The van der Waals surface area contributed by atoms with Crippen LogP contribution in [0.25, 0.3) is 0 Å².